The van der Waals surface area contributed by atoms with E-state index in [-0.39, 0.29) is 17.9 Å². The molecule has 0 bridgehead atoms. The quantitative estimate of drug-likeness (QED) is 0.415. The Morgan fingerprint density at radius 3 is 2.54 bits per heavy atom. The summed E-state index contributed by atoms with van der Waals surface area (Å²) in [6.45, 7) is 2.36. The minimum atomic E-state index is -0.498. The fourth-order valence-corrected chi connectivity index (χ4v) is 5.15. The summed E-state index contributed by atoms with van der Waals surface area (Å²) in [5.74, 6) is 0.698. The molecule has 4 rings (SSSR count). The Morgan fingerprint density at radius 2 is 1.77 bits per heavy atom. The maximum absolute atomic E-state index is 13.7. The number of fused-ring (bicyclic) bond motifs is 1. The number of rotatable bonds is 10. The molecule has 1 N–H and O–H groups in total. The van der Waals surface area contributed by atoms with E-state index in [1.54, 1.807) is 12.0 Å². The highest BCUT2D eigenvalue weighted by molar-refractivity contribution is 5.89. The zero-order valence-corrected chi connectivity index (χ0v) is 20.8. The van der Waals surface area contributed by atoms with Gasteiger partial charge in [0.25, 0.3) is 0 Å². The number of amides is 2. The monoisotopic (exact) mass is 472 g/mol. The van der Waals surface area contributed by atoms with Crippen LogP contribution in [0.5, 0.6) is 5.75 Å². The van der Waals surface area contributed by atoms with Gasteiger partial charge in [0, 0.05) is 19.0 Å². The first-order valence-electron chi connectivity index (χ1n) is 12.8. The lowest BCUT2D eigenvalue weighted by Crippen LogP contribution is -2.51. The van der Waals surface area contributed by atoms with Gasteiger partial charge in [0.1, 0.15) is 11.8 Å². The highest BCUT2D eigenvalue weighted by Crippen LogP contribution is 2.23. The summed E-state index contributed by atoms with van der Waals surface area (Å²) in [5, 5.41) is 5.56. The van der Waals surface area contributed by atoms with Gasteiger partial charge in [-0.05, 0) is 59.7 Å². The SMILES string of the molecule is CCC(C(=O)NC1CCCC1)N(Cc1cccc(OC)c1)C(=O)CCc1cccc2ccccc12. The van der Waals surface area contributed by atoms with Gasteiger partial charge < -0.3 is 15.0 Å². The molecule has 0 radical (unpaired) electrons. The second-order valence-corrected chi connectivity index (χ2v) is 9.43. The fraction of sp³-hybridized carbons (Fsp3) is 0.400. The fourth-order valence-electron chi connectivity index (χ4n) is 5.15. The molecule has 1 saturated carbocycles. The molecule has 184 valence electrons. The summed E-state index contributed by atoms with van der Waals surface area (Å²) in [6.07, 6.45) is 5.90. The number of aryl methyl sites for hydroxylation is 1. The normalized spacial score (nSPS) is 14.6. The van der Waals surface area contributed by atoms with Crippen LogP contribution in [0.1, 0.15) is 56.6 Å². The maximum atomic E-state index is 13.7. The van der Waals surface area contributed by atoms with Gasteiger partial charge in [0.2, 0.25) is 11.8 Å². The van der Waals surface area contributed by atoms with Gasteiger partial charge in [-0.15, -0.1) is 0 Å². The predicted octanol–water partition coefficient (Wildman–Crippen LogP) is 5.65. The van der Waals surface area contributed by atoms with E-state index in [4.69, 9.17) is 4.74 Å². The Balaban J connectivity index is 1.55. The lowest BCUT2D eigenvalue weighted by molar-refractivity contribution is -0.141. The van der Waals surface area contributed by atoms with Crippen molar-refractivity contribution in [2.75, 3.05) is 7.11 Å². The van der Waals surface area contributed by atoms with Crippen molar-refractivity contribution in [2.45, 2.75) is 70.5 Å². The molecule has 0 heterocycles. The Kier molecular flexibility index (Phi) is 8.40. The molecule has 0 aromatic heterocycles. The summed E-state index contributed by atoms with van der Waals surface area (Å²) >= 11 is 0. The molecular formula is C30H36N2O3. The second kappa shape index (κ2) is 11.9. The number of carbonyl (C=O) groups is 2. The minimum Gasteiger partial charge on any atom is -0.497 e. The molecule has 1 aliphatic carbocycles. The zero-order chi connectivity index (χ0) is 24.6. The number of nitrogens with zero attached hydrogens (tertiary/aromatic N) is 1. The molecule has 5 heteroatoms. The summed E-state index contributed by atoms with van der Waals surface area (Å²) in [7, 11) is 1.64. The van der Waals surface area contributed by atoms with Crippen LogP contribution < -0.4 is 10.1 Å². The molecular weight excluding hydrogens is 436 g/mol. The van der Waals surface area contributed by atoms with E-state index in [1.807, 2.05) is 49.4 Å². The lowest BCUT2D eigenvalue weighted by Gasteiger charge is -2.31. The Labute approximate surface area is 208 Å². The Morgan fingerprint density at radius 1 is 1.03 bits per heavy atom. The average Bonchev–Trinajstić information content (AvgIpc) is 3.40. The maximum Gasteiger partial charge on any atom is 0.243 e. The smallest absolute Gasteiger partial charge is 0.243 e. The molecule has 1 atom stereocenters. The minimum absolute atomic E-state index is 0.00539. The van der Waals surface area contributed by atoms with E-state index < -0.39 is 6.04 Å². The van der Waals surface area contributed by atoms with Crippen LogP contribution in [0.2, 0.25) is 0 Å². The average molecular weight is 473 g/mol. The molecule has 1 aliphatic rings. The largest absolute Gasteiger partial charge is 0.497 e. The molecule has 35 heavy (non-hydrogen) atoms. The van der Waals surface area contributed by atoms with E-state index in [2.05, 4.69) is 29.6 Å². The van der Waals surface area contributed by atoms with Gasteiger partial charge in [0.05, 0.1) is 7.11 Å². The summed E-state index contributed by atoms with van der Waals surface area (Å²) < 4.78 is 5.38. The van der Waals surface area contributed by atoms with Crippen molar-refractivity contribution in [3.8, 4) is 5.75 Å². The Hall–Kier alpha value is -3.34. The van der Waals surface area contributed by atoms with Crippen LogP contribution >= 0.6 is 0 Å². The lowest BCUT2D eigenvalue weighted by atomic mass is 10.00. The molecule has 5 nitrogen and oxygen atoms in total. The molecule has 0 spiro atoms. The van der Waals surface area contributed by atoms with E-state index in [0.717, 1.165) is 42.6 Å². The molecule has 3 aromatic carbocycles. The third-order valence-corrected chi connectivity index (χ3v) is 7.06. The van der Waals surface area contributed by atoms with Crippen LogP contribution in [0, 0.1) is 0 Å². The van der Waals surface area contributed by atoms with Gasteiger partial charge in [-0.3, -0.25) is 9.59 Å². The van der Waals surface area contributed by atoms with Crippen molar-refractivity contribution >= 4 is 22.6 Å². The first-order valence-corrected chi connectivity index (χ1v) is 12.8. The van der Waals surface area contributed by atoms with Gasteiger partial charge in [-0.25, -0.2) is 0 Å². The van der Waals surface area contributed by atoms with Crippen LogP contribution in [0.25, 0.3) is 10.8 Å². The number of nitrogens with one attached hydrogen (secondary N) is 1. The molecule has 1 fully saturated rings. The summed E-state index contributed by atoms with van der Waals surface area (Å²) in [6, 6.07) is 21.9. The van der Waals surface area contributed by atoms with Crippen molar-refractivity contribution in [3.05, 3.63) is 77.9 Å². The number of hydrogen-bond acceptors (Lipinski definition) is 3. The highest BCUT2D eigenvalue weighted by atomic mass is 16.5. The highest BCUT2D eigenvalue weighted by Gasteiger charge is 2.30. The predicted molar refractivity (Wildman–Crippen MR) is 140 cm³/mol. The van der Waals surface area contributed by atoms with Crippen molar-refractivity contribution in [1.82, 2.24) is 10.2 Å². The number of benzene rings is 3. The van der Waals surface area contributed by atoms with Crippen molar-refractivity contribution in [3.63, 3.8) is 0 Å². The number of ether oxygens (including phenoxy) is 1. The van der Waals surface area contributed by atoms with Crippen molar-refractivity contribution in [1.29, 1.82) is 0 Å². The van der Waals surface area contributed by atoms with Crippen LogP contribution in [-0.2, 0) is 22.6 Å². The van der Waals surface area contributed by atoms with E-state index >= 15 is 0 Å². The number of hydrogen-bond donors (Lipinski definition) is 1. The van der Waals surface area contributed by atoms with Crippen LogP contribution in [0.3, 0.4) is 0 Å². The van der Waals surface area contributed by atoms with Gasteiger partial charge >= 0.3 is 0 Å². The van der Waals surface area contributed by atoms with Crippen molar-refractivity contribution < 1.29 is 14.3 Å². The Bertz CT molecular complexity index is 1150. The second-order valence-electron chi connectivity index (χ2n) is 9.43. The third kappa shape index (κ3) is 6.21. The third-order valence-electron chi connectivity index (χ3n) is 7.06. The van der Waals surface area contributed by atoms with Gasteiger partial charge in [-0.2, -0.15) is 0 Å². The van der Waals surface area contributed by atoms with Crippen molar-refractivity contribution in [2.24, 2.45) is 0 Å². The number of carbonyl (C=O) groups excluding carboxylic acids is 2. The molecule has 0 saturated heterocycles. The molecule has 3 aromatic rings. The standard InChI is InChI=1S/C30H36N2O3/c1-3-28(30(34)31-25-14-5-6-15-25)32(21-22-10-8-16-26(20-22)35-2)29(33)19-18-24-13-9-12-23-11-4-7-17-27(23)24/h4,7-13,16-17,20,25,28H,3,5-6,14-15,18-19,21H2,1-2H3,(H,31,34). The van der Waals surface area contributed by atoms with E-state index in [0.29, 0.717) is 25.8 Å². The zero-order valence-electron chi connectivity index (χ0n) is 20.8. The van der Waals surface area contributed by atoms with Crippen LogP contribution in [-0.4, -0.2) is 35.9 Å². The van der Waals surface area contributed by atoms with Gasteiger partial charge in [0.15, 0.2) is 0 Å². The first-order chi connectivity index (χ1) is 17.1. The van der Waals surface area contributed by atoms with E-state index in [9.17, 15) is 9.59 Å². The molecule has 0 aliphatic heterocycles. The van der Waals surface area contributed by atoms with E-state index in [1.165, 1.54) is 10.8 Å². The van der Waals surface area contributed by atoms with Crippen LogP contribution in [0.15, 0.2) is 66.7 Å². The number of methoxy groups -OCH3 is 1. The first kappa shape index (κ1) is 24.8. The van der Waals surface area contributed by atoms with Crippen LogP contribution in [0.4, 0.5) is 0 Å². The molecule has 2 amide bonds. The summed E-state index contributed by atoms with van der Waals surface area (Å²) in [5.41, 5.74) is 2.11. The topological polar surface area (TPSA) is 58.6 Å². The molecule has 1 unspecified atom stereocenters. The van der Waals surface area contributed by atoms with Gasteiger partial charge in [-0.1, -0.05) is 74.4 Å². The summed E-state index contributed by atoms with van der Waals surface area (Å²) in [4.78, 5) is 28.7.